The summed E-state index contributed by atoms with van der Waals surface area (Å²) in [5.74, 6) is -0.478. The van der Waals surface area contributed by atoms with Gasteiger partial charge in [0.25, 0.3) is 0 Å². The van der Waals surface area contributed by atoms with E-state index in [1.54, 1.807) is 6.07 Å². The molecule has 1 amide bonds. The molecule has 1 atom stereocenters. The van der Waals surface area contributed by atoms with Crippen molar-refractivity contribution in [2.75, 3.05) is 18.4 Å². The molecule has 1 aliphatic rings. The van der Waals surface area contributed by atoms with Gasteiger partial charge in [0.15, 0.2) is 5.78 Å². The molecule has 0 saturated carbocycles. The predicted molar refractivity (Wildman–Crippen MR) is 118 cm³/mol. The van der Waals surface area contributed by atoms with Crippen LogP contribution < -0.4 is 10.1 Å². The number of ether oxygens (including phenoxy) is 1. The number of carbonyl (C=O) groups excluding carboxylic acids is 2. The fourth-order valence-corrected chi connectivity index (χ4v) is 5.00. The third-order valence-corrected chi connectivity index (χ3v) is 6.70. The van der Waals surface area contributed by atoms with E-state index < -0.39 is 12.1 Å². The molecule has 2 heterocycles. The molecule has 0 aliphatic carbocycles. The van der Waals surface area contributed by atoms with Crippen LogP contribution >= 0.6 is 11.3 Å². The number of anilines is 1. The number of rotatable bonds is 8. The van der Waals surface area contributed by atoms with Gasteiger partial charge in [0.05, 0.1) is 12.1 Å². The Bertz CT molecular complexity index is 954. The Kier molecular flexibility index (Phi) is 7.61. The van der Waals surface area contributed by atoms with Gasteiger partial charge in [-0.2, -0.15) is 0 Å². The number of hydrogen-bond donors (Lipinski definition) is 1. The number of carbonyl (C=O) groups is 2. The molecule has 1 aromatic heterocycles. The molecule has 1 N–H and O–H groups in total. The second-order valence-electron chi connectivity index (χ2n) is 8.18. The third-order valence-electron chi connectivity index (χ3n) is 5.51. The maximum Gasteiger partial charge on any atom is 0.573 e. The summed E-state index contributed by atoms with van der Waals surface area (Å²) in [6.07, 6.45) is -1.97. The molecule has 0 spiro atoms. The Morgan fingerprint density at radius 2 is 1.94 bits per heavy atom. The summed E-state index contributed by atoms with van der Waals surface area (Å²) in [5, 5.41) is 3.35. The van der Waals surface area contributed by atoms with Crippen LogP contribution in [0.15, 0.2) is 30.3 Å². The molecule has 3 rings (SSSR count). The Morgan fingerprint density at radius 1 is 1.25 bits per heavy atom. The fraction of sp³-hybridized carbons (Fsp3) is 0.478. The number of alkyl halides is 3. The van der Waals surface area contributed by atoms with Crippen molar-refractivity contribution in [1.82, 2.24) is 4.90 Å². The number of hydrogen-bond acceptors (Lipinski definition) is 5. The summed E-state index contributed by atoms with van der Waals surface area (Å²) in [6, 6.07) is 6.88. The van der Waals surface area contributed by atoms with Crippen LogP contribution in [-0.4, -0.2) is 42.1 Å². The molecule has 1 aliphatic heterocycles. The number of amides is 1. The number of thiophene rings is 1. The number of ketones is 1. The maximum absolute atomic E-state index is 13.0. The zero-order valence-corrected chi connectivity index (χ0v) is 19.1. The van der Waals surface area contributed by atoms with Crippen molar-refractivity contribution in [1.29, 1.82) is 0 Å². The molecule has 5 nitrogen and oxygen atoms in total. The molecule has 9 heteroatoms. The van der Waals surface area contributed by atoms with Crippen LogP contribution in [0.5, 0.6) is 5.75 Å². The minimum atomic E-state index is -4.80. The first kappa shape index (κ1) is 24.3. The van der Waals surface area contributed by atoms with Crippen LogP contribution in [0.1, 0.15) is 54.4 Å². The van der Waals surface area contributed by atoms with E-state index >= 15 is 0 Å². The maximum atomic E-state index is 13.0. The molecule has 174 valence electrons. The average Bonchev–Trinajstić information content (AvgIpc) is 3.33. The lowest BCUT2D eigenvalue weighted by atomic mass is 10.0. The van der Waals surface area contributed by atoms with Crippen LogP contribution in [0.3, 0.4) is 0 Å². The van der Waals surface area contributed by atoms with Gasteiger partial charge in [0.1, 0.15) is 10.8 Å². The summed E-state index contributed by atoms with van der Waals surface area (Å²) >= 11 is 1.34. The van der Waals surface area contributed by atoms with Gasteiger partial charge in [-0.05, 0) is 62.1 Å². The van der Waals surface area contributed by atoms with Crippen LogP contribution in [0.4, 0.5) is 18.2 Å². The minimum Gasteiger partial charge on any atom is -0.406 e. The Morgan fingerprint density at radius 3 is 2.53 bits per heavy atom. The van der Waals surface area contributed by atoms with Gasteiger partial charge in [-0.3, -0.25) is 14.5 Å². The molecule has 1 fully saturated rings. The van der Waals surface area contributed by atoms with E-state index in [0.29, 0.717) is 28.9 Å². The van der Waals surface area contributed by atoms with Crippen molar-refractivity contribution in [3.63, 3.8) is 0 Å². The summed E-state index contributed by atoms with van der Waals surface area (Å²) in [7, 11) is 0. The summed E-state index contributed by atoms with van der Waals surface area (Å²) in [6.45, 7) is 7.38. The van der Waals surface area contributed by atoms with Crippen molar-refractivity contribution in [3.05, 3.63) is 46.3 Å². The topological polar surface area (TPSA) is 58.6 Å². The molecule has 1 saturated heterocycles. The first-order valence-electron chi connectivity index (χ1n) is 10.6. The monoisotopic (exact) mass is 468 g/mol. The molecule has 32 heavy (non-hydrogen) atoms. The molecule has 1 aromatic carbocycles. The molecule has 0 radical (unpaired) electrons. The van der Waals surface area contributed by atoms with E-state index in [-0.39, 0.29) is 23.8 Å². The highest BCUT2D eigenvalue weighted by Gasteiger charge is 2.31. The summed E-state index contributed by atoms with van der Waals surface area (Å²) in [5.41, 5.74) is 0.557. The smallest absolute Gasteiger partial charge is 0.406 e. The number of halogens is 3. The highest BCUT2D eigenvalue weighted by atomic mass is 32.1. The van der Waals surface area contributed by atoms with E-state index in [0.717, 1.165) is 36.4 Å². The zero-order chi connectivity index (χ0) is 23.5. The van der Waals surface area contributed by atoms with Gasteiger partial charge in [-0.15, -0.1) is 24.5 Å². The van der Waals surface area contributed by atoms with Gasteiger partial charge in [0.2, 0.25) is 5.91 Å². The zero-order valence-electron chi connectivity index (χ0n) is 18.3. The molecule has 0 bridgehead atoms. The van der Waals surface area contributed by atoms with E-state index in [1.807, 2.05) is 6.92 Å². The van der Waals surface area contributed by atoms with E-state index in [4.69, 9.17) is 0 Å². The number of benzene rings is 1. The standard InChI is InChI=1S/C23H27F3N2O3S/c1-4-17-12-18(21(30)15-7-9-16(10-8-15)31-23(24,25)26)22(32-17)27-20(29)13-28-11-5-6-19(28)14(2)3/h7-10,12,14,19H,4-6,11,13H2,1-3H3,(H,27,29)/t19-/m1/s1. The Balaban J connectivity index is 1.74. The molecular weight excluding hydrogens is 441 g/mol. The Hall–Kier alpha value is -2.39. The van der Waals surface area contributed by atoms with Crippen molar-refractivity contribution < 1.29 is 27.5 Å². The lowest BCUT2D eigenvalue weighted by Crippen LogP contribution is -2.39. The molecular formula is C23H27F3N2O3S. The summed E-state index contributed by atoms with van der Waals surface area (Å²) < 4.78 is 40.9. The van der Waals surface area contributed by atoms with Crippen LogP contribution in [0.2, 0.25) is 0 Å². The second-order valence-corrected chi connectivity index (χ2v) is 9.32. The predicted octanol–water partition coefficient (Wildman–Crippen LogP) is 5.50. The van der Waals surface area contributed by atoms with Crippen LogP contribution in [0.25, 0.3) is 0 Å². The van der Waals surface area contributed by atoms with Gasteiger partial charge >= 0.3 is 6.36 Å². The highest BCUT2D eigenvalue weighted by molar-refractivity contribution is 7.16. The lowest BCUT2D eigenvalue weighted by Gasteiger charge is -2.26. The van der Waals surface area contributed by atoms with Gasteiger partial charge in [0, 0.05) is 16.5 Å². The highest BCUT2D eigenvalue weighted by Crippen LogP contribution is 2.32. The Labute approximate surface area is 189 Å². The van der Waals surface area contributed by atoms with Crippen molar-refractivity contribution in [2.24, 2.45) is 5.92 Å². The van der Waals surface area contributed by atoms with Crippen molar-refractivity contribution in [2.45, 2.75) is 52.4 Å². The first-order chi connectivity index (χ1) is 15.1. The van der Waals surface area contributed by atoms with Crippen molar-refractivity contribution in [3.8, 4) is 5.75 Å². The van der Waals surface area contributed by atoms with Crippen LogP contribution in [-0.2, 0) is 11.2 Å². The fourth-order valence-electron chi connectivity index (χ4n) is 4.00. The SMILES string of the molecule is CCc1cc(C(=O)c2ccc(OC(F)(F)F)cc2)c(NC(=O)CN2CCC[C@@H]2C(C)C)s1. The number of aryl methyl sites for hydroxylation is 1. The van der Waals surface area contributed by atoms with Gasteiger partial charge in [-0.25, -0.2) is 0 Å². The normalized spacial score (nSPS) is 17.0. The van der Waals surface area contributed by atoms with Crippen LogP contribution in [0, 0.1) is 5.92 Å². The van der Waals surface area contributed by atoms with E-state index in [9.17, 15) is 22.8 Å². The third kappa shape index (κ3) is 6.10. The average molecular weight is 469 g/mol. The van der Waals surface area contributed by atoms with Gasteiger partial charge in [-0.1, -0.05) is 20.8 Å². The van der Waals surface area contributed by atoms with E-state index in [1.165, 1.54) is 23.5 Å². The number of nitrogens with one attached hydrogen (secondary N) is 1. The lowest BCUT2D eigenvalue weighted by molar-refractivity contribution is -0.274. The largest absolute Gasteiger partial charge is 0.573 e. The first-order valence-corrected chi connectivity index (χ1v) is 11.5. The number of likely N-dealkylation sites (tertiary alicyclic amines) is 1. The second kappa shape index (κ2) is 10.0. The van der Waals surface area contributed by atoms with Crippen molar-refractivity contribution >= 4 is 28.0 Å². The molecule has 2 aromatic rings. The number of nitrogens with zero attached hydrogens (tertiary/aromatic N) is 1. The quantitative estimate of drug-likeness (QED) is 0.520. The minimum absolute atomic E-state index is 0.176. The summed E-state index contributed by atoms with van der Waals surface area (Å²) in [4.78, 5) is 28.9. The molecule has 0 unspecified atom stereocenters. The van der Waals surface area contributed by atoms with Gasteiger partial charge < -0.3 is 10.1 Å². The van der Waals surface area contributed by atoms with E-state index in [2.05, 4.69) is 28.8 Å².